The third-order valence-corrected chi connectivity index (χ3v) is 7.74. The predicted octanol–water partition coefficient (Wildman–Crippen LogP) is 4.54. The van der Waals surface area contributed by atoms with Crippen molar-refractivity contribution in [3.05, 3.63) is 59.3 Å². The van der Waals surface area contributed by atoms with Crippen molar-refractivity contribution < 1.29 is 28.5 Å². The van der Waals surface area contributed by atoms with Crippen molar-refractivity contribution in [3.8, 4) is 11.1 Å². The van der Waals surface area contributed by atoms with Gasteiger partial charge in [0.1, 0.15) is 5.82 Å². The fourth-order valence-corrected chi connectivity index (χ4v) is 5.11. The Morgan fingerprint density at radius 2 is 2.00 bits per heavy atom. The fraction of sp³-hybridized carbons (Fsp3) is 0.304. The first-order valence-electron chi connectivity index (χ1n) is 10.7. The summed E-state index contributed by atoms with van der Waals surface area (Å²) in [6.45, 7) is 6.13. The molecule has 11 heteroatoms. The second-order valence-electron chi connectivity index (χ2n) is 7.47. The average molecular weight is 671 g/mol. The summed E-state index contributed by atoms with van der Waals surface area (Å²) in [6.07, 6.45) is 7.54. The van der Waals surface area contributed by atoms with E-state index in [2.05, 4.69) is 36.8 Å². The van der Waals surface area contributed by atoms with Gasteiger partial charge >= 0.3 is 198 Å². The summed E-state index contributed by atoms with van der Waals surface area (Å²) >= 11 is 8.94. The first-order chi connectivity index (χ1) is 16.5. The van der Waals surface area contributed by atoms with E-state index >= 15 is 0 Å². The number of anilines is 3. The Hall–Kier alpha value is -1.90. The van der Waals surface area contributed by atoms with Crippen molar-refractivity contribution in [3.63, 3.8) is 0 Å². The molecule has 4 rings (SSSR count). The number of benzene rings is 1. The van der Waals surface area contributed by atoms with Gasteiger partial charge in [0, 0.05) is 0 Å². The van der Waals surface area contributed by atoms with Crippen LogP contribution >= 0.6 is 23.5 Å². The molecule has 0 amide bonds. The first kappa shape index (κ1) is 25.2. The Labute approximate surface area is 218 Å². The zero-order valence-electron chi connectivity index (χ0n) is 18.8. The van der Waals surface area contributed by atoms with Crippen molar-refractivity contribution in [1.82, 2.24) is 19.3 Å². The van der Waals surface area contributed by atoms with E-state index in [0.717, 1.165) is 52.8 Å². The van der Waals surface area contributed by atoms with Crippen LogP contribution in [0.15, 0.2) is 42.9 Å². The number of aromatic nitrogens is 3. The van der Waals surface area contributed by atoms with Crippen molar-refractivity contribution in [2.75, 3.05) is 49.3 Å². The number of nitrogens with zero attached hydrogens (tertiary/aromatic N) is 5. The minimum absolute atomic E-state index is 0.0426. The third-order valence-electron chi connectivity index (χ3n) is 5.30. The monoisotopic (exact) mass is 670 g/mol. The van der Waals surface area contributed by atoms with E-state index in [1.807, 2.05) is 19.3 Å². The predicted molar refractivity (Wildman–Crippen MR) is 133 cm³/mol. The molecule has 0 unspecified atom stereocenters. The molecule has 0 saturated carbocycles. The van der Waals surface area contributed by atoms with Crippen LogP contribution in [0.2, 0.25) is 5.02 Å². The number of piperazine rings is 1. The number of ether oxygens (including phenoxy) is 1. The molecule has 2 aromatic heterocycles. The van der Waals surface area contributed by atoms with Crippen LogP contribution in [0.1, 0.15) is 12.5 Å². The maximum atomic E-state index is 13.6. The van der Waals surface area contributed by atoms with Gasteiger partial charge in [-0.25, -0.2) is 4.39 Å². The van der Waals surface area contributed by atoms with Crippen LogP contribution in [0.3, 0.4) is 0 Å². The second kappa shape index (κ2) is 11.7. The third kappa shape index (κ3) is 6.01. The average Bonchev–Trinajstić information content (AvgIpc) is 2.86. The van der Waals surface area contributed by atoms with Crippen LogP contribution in [0.5, 0.6) is 0 Å². The van der Waals surface area contributed by atoms with Crippen LogP contribution in [0, 0.1) is 5.82 Å². The summed E-state index contributed by atoms with van der Waals surface area (Å²) in [5, 5.41) is 3.19. The molecule has 3 aromatic rings. The number of pyridine rings is 1. The number of nitrogens with one attached hydrogen (secondary N) is 1. The summed E-state index contributed by atoms with van der Waals surface area (Å²) < 4.78 is 22.5. The molecule has 1 N–H and O–H groups in total. The molecular weight excluding hydrogens is 647 g/mol. The Bertz CT molecular complexity index is 1180. The molecule has 1 aliphatic rings. The molecule has 0 bridgehead atoms. The van der Waals surface area contributed by atoms with Gasteiger partial charge in [0.2, 0.25) is 0 Å². The zero-order valence-corrected chi connectivity index (χ0v) is 23.3. The standard InChI is InChI=1S/C23H24ClFN6OS.W/c1-3-32-15-16-10-17(13-26-12-16)19-14-27-23(28-18-4-5-21(25)20(24)11-18)29-22(19)30-6-8-31(33-2)9-7-30;/h4-5,10-14H,3,6-9H2,1-2H3,(H,27,28,29);. The summed E-state index contributed by atoms with van der Waals surface area (Å²) in [7, 11) is 0. The van der Waals surface area contributed by atoms with Gasteiger partial charge in [-0.1, -0.05) is 11.6 Å². The van der Waals surface area contributed by atoms with Crippen LogP contribution in [0.4, 0.5) is 21.8 Å². The molecule has 0 aliphatic carbocycles. The molecule has 34 heavy (non-hydrogen) atoms. The SMILES string of the molecule is CCO[C](=[W])c1cncc(-c2cnc(Nc3ccc(F)c(Cl)c3)nc2N2CCN(SC)CC2)c1. The zero-order chi connectivity index (χ0) is 24.1. The molecule has 1 fully saturated rings. The Morgan fingerprint density at radius 3 is 2.71 bits per heavy atom. The van der Waals surface area contributed by atoms with Gasteiger partial charge in [0.25, 0.3) is 0 Å². The van der Waals surface area contributed by atoms with Gasteiger partial charge in [-0.3, -0.25) is 0 Å². The van der Waals surface area contributed by atoms with Crippen LogP contribution in [-0.2, 0) is 24.1 Å². The molecule has 3 heterocycles. The summed E-state index contributed by atoms with van der Waals surface area (Å²) in [5.74, 6) is 0.773. The number of rotatable bonds is 8. The molecule has 0 radical (unpaired) electrons. The van der Waals surface area contributed by atoms with Gasteiger partial charge in [-0.05, 0) is 0 Å². The van der Waals surface area contributed by atoms with E-state index in [9.17, 15) is 4.39 Å². The van der Waals surface area contributed by atoms with Gasteiger partial charge in [0.05, 0.1) is 0 Å². The molecule has 1 aliphatic heterocycles. The van der Waals surface area contributed by atoms with Crippen molar-refractivity contribution in [2.45, 2.75) is 6.92 Å². The van der Waals surface area contributed by atoms with Gasteiger partial charge in [0.15, 0.2) is 0 Å². The molecule has 7 nitrogen and oxygen atoms in total. The van der Waals surface area contributed by atoms with Crippen LogP contribution in [0.25, 0.3) is 11.1 Å². The quantitative estimate of drug-likeness (QED) is 0.351. The number of hydrogen-bond acceptors (Lipinski definition) is 8. The first-order valence-corrected chi connectivity index (χ1v) is 13.8. The van der Waals surface area contributed by atoms with E-state index in [1.54, 1.807) is 24.2 Å². The summed E-state index contributed by atoms with van der Waals surface area (Å²) in [5.41, 5.74) is 3.39. The Kier molecular flexibility index (Phi) is 8.66. The van der Waals surface area contributed by atoms with Gasteiger partial charge < -0.3 is 0 Å². The van der Waals surface area contributed by atoms with E-state index in [-0.39, 0.29) is 5.02 Å². The van der Waals surface area contributed by atoms with Crippen LogP contribution < -0.4 is 10.2 Å². The minimum atomic E-state index is -0.468. The summed E-state index contributed by atoms with van der Waals surface area (Å²) in [6, 6.07) is 6.51. The topological polar surface area (TPSA) is 66.4 Å². The van der Waals surface area contributed by atoms with Crippen molar-refractivity contribution in [1.29, 1.82) is 0 Å². The maximum absolute atomic E-state index is 13.6. The number of hydrogen-bond donors (Lipinski definition) is 1. The van der Waals surface area contributed by atoms with Crippen molar-refractivity contribution >= 4 is 45.1 Å². The summed E-state index contributed by atoms with van der Waals surface area (Å²) in [4.78, 5) is 16.1. The van der Waals surface area contributed by atoms with Gasteiger partial charge in [-0.2, -0.15) is 0 Å². The van der Waals surface area contributed by atoms with Crippen molar-refractivity contribution in [2.24, 2.45) is 0 Å². The number of halogens is 2. The normalized spacial score (nSPS) is 14.3. The van der Waals surface area contributed by atoms with E-state index < -0.39 is 5.82 Å². The molecular formula is C23H24ClFN6OSW. The Morgan fingerprint density at radius 1 is 1.21 bits per heavy atom. The Balaban J connectivity index is 1.70. The molecule has 0 spiro atoms. The molecule has 1 aromatic carbocycles. The van der Waals surface area contributed by atoms with E-state index in [1.165, 1.54) is 31.5 Å². The van der Waals surface area contributed by atoms with E-state index in [4.69, 9.17) is 21.3 Å². The fourth-order valence-electron chi connectivity index (χ4n) is 3.58. The molecule has 1 saturated heterocycles. The molecule has 178 valence electrons. The molecule has 0 atom stereocenters. The second-order valence-corrected chi connectivity index (χ2v) is 10.1. The van der Waals surface area contributed by atoms with Crippen LogP contribution in [-0.4, -0.2) is 62.4 Å². The van der Waals surface area contributed by atoms with Gasteiger partial charge in [-0.15, -0.1) is 0 Å². The van der Waals surface area contributed by atoms with E-state index in [0.29, 0.717) is 18.2 Å².